The molecule has 0 aliphatic rings. The maximum atomic E-state index is 6.15. The van der Waals surface area contributed by atoms with Crippen LogP contribution in [-0.2, 0) is 0 Å². The van der Waals surface area contributed by atoms with E-state index in [1.807, 2.05) is 11.8 Å². The Labute approximate surface area is 110 Å². The topological polar surface area (TPSA) is 26.0 Å². The Balaban J connectivity index is 2.31. The molecule has 0 bridgehead atoms. The van der Waals surface area contributed by atoms with E-state index in [1.54, 1.807) is 0 Å². The van der Waals surface area contributed by atoms with Crippen molar-refractivity contribution in [1.29, 1.82) is 0 Å². The van der Waals surface area contributed by atoms with Crippen LogP contribution in [0.2, 0.25) is 0 Å². The highest BCUT2D eigenvalue weighted by Gasteiger charge is 2.12. The molecule has 1 aromatic rings. The minimum absolute atomic E-state index is 0.305. The zero-order valence-corrected chi connectivity index (χ0v) is 12.3. The maximum Gasteiger partial charge on any atom is 0.0134 e. The number of hydrogen-bond acceptors (Lipinski definition) is 2. The van der Waals surface area contributed by atoms with Gasteiger partial charge >= 0.3 is 0 Å². The molecule has 0 heterocycles. The van der Waals surface area contributed by atoms with Crippen LogP contribution in [0.5, 0.6) is 0 Å². The van der Waals surface area contributed by atoms with Crippen molar-refractivity contribution in [1.82, 2.24) is 0 Å². The van der Waals surface area contributed by atoms with Crippen LogP contribution < -0.4 is 5.73 Å². The van der Waals surface area contributed by atoms with Gasteiger partial charge in [-0.1, -0.05) is 38.5 Å². The highest BCUT2D eigenvalue weighted by atomic mass is 32.2. The first-order valence-corrected chi connectivity index (χ1v) is 7.30. The molecule has 17 heavy (non-hydrogen) atoms. The minimum atomic E-state index is 0.305. The lowest BCUT2D eigenvalue weighted by Crippen LogP contribution is -2.24. The van der Waals surface area contributed by atoms with Crippen LogP contribution in [0.15, 0.2) is 29.2 Å². The Hall–Kier alpha value is -0.470. The van der Waals surface area contributed by atoms with Crippen molar-refractivity contribution < 1.29 is 0 Å². The third-order valence-electron chi connectivity index (χ3n) is 2.72. The molecule has 0 spiro atoms. The van der Waals surface area contributed by atoms with E-state index in [-0.39, 0.29) is 0 Å². The van der Waals surface area contributed by atoms with Crippen molar-refractivity contribution in [2.75, 3.05) is 5.75 Å². The lowest BCUT2D eigenvalue weighted by atomic mass is 9.89. The van der Waals surface area contributed by atoms with Crippen molar-refractivity contribution in [3.63, 3.8) is 0 Å². The second kappa shape index (κ2) is 6.46. The number of nitrogens with two attached hydrogens (primary N) is 1. The Bertz CT molecular complexity index is 341. The Morgan fingerprint density at radius 1 is 1.29 bits per heavy atom. The average Bonchev–Trinajstić information content (AvgIpc) is 2.23. The fraction of sp³-hybridized carbons (Fsp3) is 0.600. The number of aryl methyl sites for hydroxylation is 1. The summed E-state index contributed by atoms with van der Waals surface area (Å²) >= 11 is 1.87. The largest absolute Gasteiger partial charge is 0.327 e. The van der Waals surface area contributed by atoms with Crippen LogP contribution in [0.3, 0.4) is 0 Å². The van der Waals surface area contributed by atoms with Crippen LogP contribution >= 0.6 is 11.8 Å². The summed E-state index contributed by atoms with van der Waals surface area (Å²) in [7, 11) is 0. The van der Waals surface area contributed by atoms with Gasteiger partial charge in [0.05, 0.1) is 0 Å². The molecule has 0 radical (unpaired) electrons. The SMILES string of the molecule is Cc1cccc(SCC(N)CCC(C)(C)C)c1. The number of hydrogen-bond donors (Lipinski definition) is 1. The molecular weight excluding hydrogens is 226 g/mol. The third kappa shape index (κ3) is 6.75. The highest BCUT2D eigenvalue weighted by Crippen LogP contribution is 2.24. The fourth-order valence-corrected chi connectivity index (χ4v) is 2.63. The van der Waals surface area contributed by atoms with Gasteiger partial charge in [0.2, 0.25) is 0 Å². The van der Waals surface area contributed by atoms with Gasteiger partial charge in [0.25, 0.3) is 0 Å². The van der Waals surface area contributed by atoms with E-state index in [2.05, 4.69) is 52.0 Å². The van der Waals surface area contributed by atoms with Gasteiger partial charge in [0, 0.05) is 16.7 Å². The lowest BCUT2D eigenvalue weighted by molar-refractivity contribution is 0.353. The Kier molecular flexibility index (Phi) is 5.54. The second-order valence-electron chi connectivity index (χ2n) is 5.99. The molecule has 0 aliphatic heterocycles. The molecule has 1 aromatic carbocycles. The zero-order chi connectivity index (χ0) is 12.9. The molecule has 1 unspecified atom stereocenters. The van der Waals surface area contributed by atoms with Crippen molar-refractivity contribution in [2.24, 2.45) is 11.1 Å². The minimum Gasteiger partial charge on any atom is -0.327 e. The van der Waals surface area contributed by atoms with E-state index in [4.69, 9.17) is 5.73 Å². The van der Waals surface area contributed by atoms with Gasteiger partial charge in [-0.3, -0.25) is 0 Å². The Morgan fingerprint density at radius 3 is 2.59 bits per heavy atom. The molecule has 1 atom stereocenters. The van der Waals surface area contributed by atoms with Crippen LogP contribution in [0.25, 0.3) is 0 Å². The van der Waals surface area contributed by atoms with Crippen LogP contribution in [0, 0.1) is 12.3 Å². The quantitative estimate of drug-likeness (QED) is 0.792. The normalized spacial score (nSPS) is 13.7. The molecule has 96 valence electrons. The number of rotatable bonds is 5. The van der Waals surface area contributed by atoms with Crippen LogP contribution in [0.4, 0.5) is 0 Å². The lowest BCUT2D eigenvalue weighted by Gasteiger charge is -2.20. The van der Waals surface area contributed by atoms with Gasteiger partial charge in [-0.15, -0.1) is 11.8 Å². The predicted octanol–water partition coefficient (Wildman–Crippen LogP) is 4.24. The van der Waals surface area contributed by atoms with Gasteiger partial charge in [0.15, 0.2) is 0 Å². The standard InChI is InChI=1S/C15H25NS/c1-12-6-5-7-14(10-12)17-11-13(16)8-9-15(2,3)4/h5-7,10,13H,8-9,11,16H2,1-4H3. The molecule has 2 heteroatoms. The number of benzene rings is 1. The van der Waals surface area contributed by atoms with E-state index >= 15 is 0 Å². The summed E-state index contributed by atoms with van der Waals surface area (Å²) in [6, 6.07) is 8.93. The van der Waals surface area contributed by atoms with Gasteiger partial charge in [-0.05, 0) is 37.3 Å². The van der Waals surface area contributed by atoms with Crippen molar-refractivity contribution in [3.8, 4) is 0 Å². The summed E-state index contributed by atoms with van der Waals surface area (Å²) < 4.78 is 0. The van der Waals surface area contributed by atoms with E-state index < -0.39 is 0 Å². The summed E-state index contributed by atoms with van der Waals surface area (Å²) in [5.41, 5.74) is 7.86. The van der Waals surface area contributed by atoms with Gasteiger partial charge in [0.1, 0.15) is 0 Å². The molecule has 1 rings (SSSR count). The van der Waals surface area contributed by atoms with Crippen LogP contribution in [-0.4, -0.2) is 11.8 Å². The van der Waals surface area contributed by atoms with E-state index in [1.165, 1.54) is 16.9 Å². The molecule has 0 saturated carbocycles. The third-order valence-corrected chi connectivity index (χ3v) is 3.90. The molecule has 0 aliphatic carbocycles. The van der Waals surface area contributed by atoms with Gasteiger partial charge in [-0.25, -0.2) is 0 Å². The molecule has 1 nitrogen and oxygen atoms in total. The van der Waals surface area contributed by atoms with E-state index in [9.17, 15) is 0 Å². The smallest absolute Gasteiger partial charge is 0.0134 e. The van der Waals surface area contributed by atoms with Gasteiger partial charge < -0.3 is 5.73 Å². The van der Waals surface area contributed by atoms with Crippen LogP contribution in [0.1, 0.15) is 39.2 Å². The molecule has 0 saturated heterocycles. The zero-order valence-electron chi connectivity index (χ0n) is 11.5. The maximum absolute atomic E-state index is 6.15. The Morgan fingerprint density at radius 2 is 2.00 bits per heavy atom. The average molecular weight is 251 g/mol. The monoisotopic (exact) mass is 251 g/mol. The first-order chi connectivity index (χ1) is 7.87. The number of thioether (sulfide) groups is 1. The summed E-state index contributed by atoms with van der Waals surface area (Å²) in [5, 5.41) is 0. The molecule has 0 amide bonds. The second-order valence-corrected chi connectivity index (χ2v) is 7.08. The van der Waals surface area contributed by atoms with Crippen molar-refractivity contribution in [2.45, 2.75) is 51.5 Å². The summed E-state index contributed by atoms with van der Waals surface area (Å²) in [5.74, 6) is 1.01. The van der Waals surface area contributed by atoms with E-state index in [0.29, 0.717) is 11.5 Å². The summed E-state index contributed by atoms with van der Waals surface area (Å²) in [6.07, 6.45) is 2.31. The van der Waals surface area contributed by atoms with E-state index in [0.717, 1.165) is 12.2 Å². The molecule has 2 N–H and O–H groups in total. The summed E-state index contributed by atoms with van der Waals surface area (Å²) in [6.45, 7) is 8.94. The van der Waals surface area contributed by atoms with Crippen molar-refractivity contribution in [3.05, 3.63) is 29.8 Å². The highest BCUT2D eigenvalue weighted by molar-refractivity contribution is 7.99. The first kappa shape index (κ1) is 14.6. The molecular formula is C15H25NS. The predicted molar refractivity (Wildman–Crippen MR) is 78.6 cm³/mol. The fourth-order valence-electron chi connectivity index (χ4n) is 1.61. The van der Waals surface area contributed by atoms with Crippen molar-refractivity contribution >= 4 is 11.8 Å². The van der Waals surface area contributed by atoms with Gasteiger partial charge in [-0.2, -0.15) is 0 Å². The first-order valence-electron chi connectivity index (χ1n) is 6.32. The molecule has 0 fully saturated rings. The summed E-state index contributed by atoms with van der Waals surface area (Å²) in [4.78, 5) is 1.33. The molecule has 0 aromatic heterocycles.